The highest BCUT2D eigenvalue weighted by molar-refractivity contribution is 5.79. The normalized spacial score (nSPS) is 18.9. The predicted molar refractivity (Wildman–Crippen MR) is 70.2 cm³/mol. The molecule has 1 aromatic carbocycles. The summed E-state index contributed by atoms with van der Waals surface area (Å²) >= 11 is 0. The molecule has 1 radical (unpaired) electrons. The Kier molecular flexibility index (Phi) is 4.37. The monoisotopic (exact) mass is 246 g/mol. The van der Waals surface area contributed by atoms with E-state index in [1.54, 1.807) is 12.1 Å². The van der Waals surface area contributed by atoms with Crippen LogP contribution in [0.25, 0.3) is 0 Å². The molecular weight excluding hydrogens is 226 g/mol. The number of carbonyl (C=O) groups excluding carboxylic acids is 1. The third-order valence-corrected chi connectivity index (χ3v) is 3.79. The van der Waals surface area contributed by atoms with Crippen LogP contribution in [0.15, 0.2) is 30.3 Å². The van der Waals surface area contributed by atoms with Gasteiger partial charge in [0, 0.05) is 6.54 Å². The molecule has 1 aliphatic rings. The average Bonchev–Trinajstić information content (AvgIpc) is 2.66. The second kappa shape index (κ2) is 6.01. The number of carbonyl (C=O) groups is 1. The summed E-state index contributed by atoms with van der Waals surface area (Å²) in [7, 11) is 0. The van der Waals surface area contributed by atoms with Crippen LogP contribution in [0.2, 0.25) is 0 Å². The van der Waals surface area contributed by atoms with E-state index in [0.29, 0.717) is 5.75 Å². The molecule has 0 saturated heterocycles. The Labute approximate surface area is 108 Å². The lowest BCUT2D eigenvalue weighted by Crippen LogP contribution is -2.38. The number of rotatable bonds is 3. The number of hydrogen-bond donors (Lipinski definition) is 0. The molecule has 0 bridgehead atoms. The van der Waals surface area contributed by atoms with Crippen LogP contribution < -0.4 is 10.5 Å². The third-order valence-electron chi connectivity index (χ3n) is 3.79. The van der Waals surface area contributed by atoms with Crippen LogP contribution in [0.1, 0.15) is 38.5 Å². The second-order valence-corrected chi connectivity index (χ2v) is 5.07. The fourth-order valence-corrected chi connectivity index (χ4v) is 2.56. The van der Waals surface area contributed by atoms with Gasteiger partial charge in [-0.3, -0.25) is 10.5 Å². The van der Waals surface area contributed by atoms with Crippen molar-refractivity contribution < 1.29 is 9.53 Å². The first-order valence-electron chi connectivity index (χ1n) is 6.69. The minimum Gasteiger partial charge on any atom is -0.426 e. The molecule has 18 heavy (non-hydrogen) atoms. The van der Waals surface area contributed by atoms with Gasteiger partial charge in [-0.1, -0.05) is 43.9 Å². The SMILES string of the molecule is [NH]CC1(C(=O)Oc2ccccc2)CCCCCC1. The summed E-state index contributed by atoms with van der Waals surface area (Å²) < 4.78 is 5.44. The lowest BCUT2D eigenvalue weighted by molar-refractivity contribution is -0.146. The van der Waals surface area contributed by atoms with Gasteiger partial charge in [0.1, 0.15) is 5.75 Å². The zero-order chi connectivity index (χ0) is 12.8. The van der Waals surface area contributed by atoms with Gasteiger partial charge in [-0.15, -0.1) is 0 Å². The lowest BCUT2D eigenvalue weighted by atomic mass is 9.80. The molecule has 3 heteroatoms. The largest absolute Gasteiger partial charge is 0.426 e. The molecule has 1 N–H and O–H groups in total. The second-order valence-electron chi connectivity index (χ2n) is 5.07. The van der Waals surface area contributed by atoms with Gasteiger partial charge in [0.15, 0.2) is 0 Å². The van der Waals surface area contributed by atoms with Crippen molar-refractivity contribution in [2.24, 2.45) is 5.41 Å². The molecule has 0 heterocycles. The Morgan fingerprint density at radius 3 is 2.28 bits per heavy atom. The number of hydrogen-bond acceptors (Lipinski definition) is 2. The zero-order valence-electron chi connectivity index (χ0n) is 10.7. The summed E-state index contributed by atoms with van der Waals surface area (Å²) in [5, 5.41) is 0. The summed E-state index contributed by atoms with van der Waals surface area (Å²) in [6.07, 6.45) is 5.98. The Balaban J connectivity index is 2.09. The van der Waals surface area contributed by atoms with Gasteiger partial charge in [0.25, 0.3) is 0 Å². The van der Waals surface area contributed by atoms with Gasteiger partial charge in [-0.25, -0.2) is 0 Å². The maximum absolute atomic E-state index is 12.3. The molecule has 3 nitrogen and oxygen atoms in total. The minimum absolute atomic E-state index is 0.138. The topological polar surface area (TPSA) is 50.1 Å². The molecule has 0 amide bonds. The Bertz CT molecular complexity index is 381. The summed E-state index contributed by atoms with van der Waals surface area (Å²) in [6.45, 7) is 0.138. The van der Waals surface area contributed by atoms with E-state index in [9.17, 15) is 4.79 Å². The highest BCUT2D eigenvalue weighted by Crippen LogP contribution is 2.36. The smallest absolute Gasteiger partial charge is 0.318 e. The van der Waals surface area contributed by atoms with Crippen molar-refractivity contribution in [2.45, 2.75) is 38.5 Å². The van der Waals surface area contributed by atoms with Crippen molar-refractivity contribution in [3.8, 4) is 5.75 Å². The van der Waals surface area contributed by atoms with Gasteiger partial charge in [0.2, 0.25) is 0 Å². The lowest BCUT2D eigenvalue weighted by Gasteiger charge is -2.28. The van der Waals surface area contributed by atoms with Gasteiger partial charge in [0.05, 0.1) is 5.41 Å². The molecule has 0 atom stereocenters. The first-order valence-corrected chi connectivity index (χ1v) is 6.69. The van der Waals surface area contributed by atoms with E-state index < -0.39 is 5.41 Å². The molecule has 2 rings (SSSR count). The molecule has 1 aromatic rings. The maximum atomic E-state index is 12.3. The van der Waals surface area contributed by atoms with Gasteiger partial charge in [-0.05, 0) is 25.0 Å². The number of para-hydroxylation sites is 1. The Morgan fingerprint density at radius 1 is 1.11 bits per heavy atom. The molecular formula is C15H20NO2. The van der Waals surface area contributed by atoms with Gasteiger partial charge >= 0.3 is 5.97 Å². The maximum Gasteiger partial charge on any atom is 0.318 e. The van der Waals surface area contributed by atoms with E-state index in [0.717, 1.165) is 25.7 Å². The van der Waals surface area contributed by atoms with Gasteiger partial charge < -0.3 is 4.74 Å². The van der Waals surface area contributed by atoms with Crippen LogP contribution in [0.4, 0.5) is 0 Å². The van der Waals surface area contributed by atoms with Crippen LogP contribution in [-0.4, -0.2) is 12.5 Å². The molecule has 0 unspecified atom stereocenters. The van der Waals surface area contributed by atoms with Crippen molar-refractivity contribution in [3.05, 3.63) is 30.3 Å². The quantitative estimate of drug-likeness (QED) is 0.467. The fourth-order valence-electron chi connectivity index (χ4n) is 2.56. The van der Waals surface area contributed by atoms with E-state index in [2.05, 4.69) is 0 Å². The fraction of sp³-hybridized carbons (Fsp3) is 0.533. The molecule has 1 fully saturated rings. The first-order chi connectivity index (χ1) is 8.77. The van der Waals surface area contributed by atoms with Crippen molar-refractivity contribution in [2.75, 3.05) is 6.54 Å². The van der Waals surface area contributed by atoms with E-state index in [1.165, 1.54) is 12.8 Å². The van der Waals surface area contributed by atoms with Crippen LogP contribution in [-0.2, 0) is 4.79 Å². The highest BCUT2D eigenvalue weighted by Gasteiger charge is 2.39. The predicted octanol–water partition coefficient (Wildman–Crippen LogP) is 3.22. The molecule has 0 aromatic heterocycles. The van der Waals surface area contributed by atoms with Crippen LogP contribution in [0.3, 0.4) is 0 Å². The van der Waals surface area contributed by atoms with Crippen LogP contribution >= 0.6 is 0 Å². The molecule has 97 valence electrons. The summed E-state index contributed by atoms with van der Waals surface area (Å²) in [4.78, 5) is 12.3. The van der Waals surface area contributed by atoms with Crippen LogP contribution in [0.5, 0.6) is 5.75 Å². The Hall–Kier alpha value is -1.35. The summed E-state index contributed by atoms with van der Waals surface area (Å²) in [6, 6.07) is 9.16. The van der Waals surface area contributed by atoms with Crippen LogP contribution in [0, 0.1) is 5.41 Å². The third kappa shape index (κ3) is 2.91. The Morgan fingerprint density at radius 2 is 1.72 bits per heavy atom. The van der Waals surface area contributed by atoms with Gasteiger partial charge in [-0.2, -0.15) is 0 Å². The molecule has 0 spiro atoms. The van der Waals surface area contributed by atoms with Crippen molar-refractivity contribution in [1.82, 2.24) is 5.73 Å². The van der Waals surface area contributed by atoms with Crippen molar-refractivity contribution >= 4 is 5.97 Å². The first kappa shape index (κ1) is 13.1. The number of nitrogens with one attached hydrogen (secondary N) is 1. The number of esters is 1. The average molecular weight is 246 g/mol. The van der Waals surface area contributed by atoms with Crippen molar-refractivity contribution in [1.29, 1.82) is 0 Å². The van der Waals surface area contributed by atoms with E-state index >= 15 is 0 Å². The molecule has 0 aliphatic heterocycles. The number of ether oxygens (including phenoxy) is 1. The van der Waals surface area contributed by atoms with E-state index in [-0.39, 0.29) is 12.5 Å². The summed E-state index contributed by atoms with van der Waals surface area (Å²) in [5.41, 5.74) is 7.16. The van der Waals surface area contributed by atoms with E-state index in [4.69, 9.17) is 10.5 Å². The molecule has 1 aliphatic carbocycles. The highest BCUT2D eigenvalue weighted by atomic mass is 16.5. The zero-order valence-corrected chi connectivity index (χ0v) is 10.7. The number of benzene rings is 1. The molecule has 1 saturated carbocycles. The summed E-state index contributed by atoms with van der Waals surface area (Å²) in [5.74, 6) is 0.366. The minimum atomic E-state index is -0.577. The standard InChI is InChI=1S/C15H20NO2/c16-12-15(10-6-1-2-7-11-15)14(17)18-13-8-4-3-5-9-13/h3-5,8-9,16H,1-2,6-7,10-12H2. The van der Waals surface area contributed by atoms with Crippen molar-refractivity contribution in [3.63, 3.8) is 0 Å². The van der Waals surface area contributed by atoms with E-state index in [1.807, 2.05) is 18.2 Å².